The van der Waals surface area contributed by atoms with Gasteiger partial charge in [-0.25, -0.2) is 0 Å². The summed E-state index contributed by atoms with van der Waals surface area (Å²) in [7, 11) is 0. The van der Waals surface area contributed by atoms with E-state index in [4.69, 9.17) is 4.74 Å². The largest absolute Gasteiger partial charge is 0.502 e. The van der Waals surface area contributed by atoms with Crippen LogP contribution < -0.4 is 10.6 Å². The van der Waals surface area contributed by atoms with E-state index in [2.05, 4.69) is 24.1 Å². The summed E-state index contributed by atoms with van der Waals surface area (Å²) in [5, 5.41) is 6.32. The zero-order valence-electron chi connectivity index (χ0n) is 10.8. The highest BCUT2D eigenvalue weighted by atomic mass is 16.5. The molecule has 0 aromatic heterocycles. The third-order valence-electron chi connectivity index (χ3n) is 3.56. The third-order valence-corrected chi connectivity index (χ3v) is 3.56. The molecule has 0 saturated carbocycles. The van der Waals surface area contributed by atoms with E-state index in [1.165, 1.54) is 6.26 Å². The number of carbonyl (C=O) groups is 1. The van der Waals surface area contributed by atoms with Crippen molar-refractivity contribution in [1.29, 1.82) is 0 Å². The molecule has 0 atom stereocenters. The summed E-state index contributed by atoms with van der Waals surface area (Å²) in [5.74, 6) is 0.208. The minimum atomic E-state index is -0.148. The number of piperidine rings is 1. The average molecular weight is 240 g/mol. The van der Waals surface area contributed by atoms with Crippen LogP contribution in [-0.4, -0.2) is 32.1 Å². The predicted molar refractivity (Wildman–Crippen MR) is 68.6 cm³/mol. The molecule has 1 saturated heterocycles. The first kappa shape index (κ1) is 14.0. The molecule has 1 rings (SSSR count). The van der Waals surface area contributed by atoms with Gasteiger partial charge in [-0.2, -0.15) is 0 Å². The SMILES string of the molecule is C=COCCCNC(=O)C1(CC)CCNCC1. The van der Waals surface area contributed by atoms with Gasteiger partial charge in [0.25, 0.3) is 0 Å². The summed E-state index contributed by atoms with van der Waals surface area (Å²) in [6.45, 7) is 8.77. The number of rotatable bonds is 7. The van der Waals surface area contributed by atoms with Crippen molar-refractivity contribution < 1.29 is 9.53 Å². The van der Waals surface area contributed by atoms with Crippen molar-refractivity contribution >= 4 is 5.91 Å². The number of carbonyl (C=O) groups excluding carboxylic acids is 1. The van der Waals surface area contributed by atoms with Crippen LogP contribution in [0.5, 0.6) is 0 Å². The zero-order chi connectivity index (χ0) is 12.6. The lowest BCUT2D eigenvalue weighted by Crippen LogP contribution is -2.47. The maximum Gasteiger partial charge on any atom is 0.226 e. The molecular weight excluding hydrogens is 216 g/mol. The van der Waals surface area contributed by atoms with Crippen LogP contribution in [-0.2, 0) is 9.53 Å². The highest BCUT2D eigenvalue weighted by molar-refractivity contribution is 5.82. The van der Waals surface area contributed by atoms with Gasteiger partial charge in [0.2, 0.25) is 5.91 Å². The predicted octanol–water partition coefficient (Wildman–Crippen LogP) is 1.43. The van der Waals surface area contributed by atoms with Gasteiger partial charge in [-0.1, -0.05) is 13.5 Å². The molecule has 0 unspecified atom stereocenters. The minimum absolute atomic E-state index is 0.148. The minimum Gasteiger partial charge on any atom is -0.502 e. The van der Waals surface area contributed by atoms with Crippen molar-refractivity contribution in [2.24, 2.45) is 5.41 Å². The third kappa shape index (κ3) is 4.04. The summed E-state index contributed by atoms with van der Waals surface area (Å²) in [6.07, 6.45) is 5.07. The quantitative estimate of drug-likeness (QED) is 0.523. The number of nitrogens with one attached hydrogen (secondary N) is 2. The van der Waals surface area contributed by atoms with E-state index in [1.807, 2.05) is 0 Å². The fourth-order valence-electron chi connectivity index (χ4n) is 2.27. The molecule has 0 aromatic carbocycles. The van der Waals surface area contributed by atoms with E-state index in [0.717, 1.165) is 38.8 Å². The number of ether oxygens (including phenoxy) is 1. The summed E-state index contributed by atoms with van der Waals surface area (Å²) in [5.41, 5.74) is -0.148. The van der Waals surface area contributed by atoms with Crippen molar-refractivity contribution in [3.8, 4) is 0 Å². The van der Waals surface area contributed by atoms with E-state index >= 15 is 0 Å². The molecule has 2 N–H and O–H groups in total. The fourth-order valence-corrected chi connectivity index (χ4v) is 2.27. The molecule has 1 fully saturated rings. The van der Waals surface area contributed by atoms with Gasteiger partial charge in [0.15, 0.2) is 0 Å². The van der Waals surface area contributed by atoms with Crippen LogP contribution in [0.15, 0.2) is 12.8 Å². The Morgan fingerprint density at radius 1 is 1.53 bits per heavy atom. The molecule has 4 heteroatoms. The molecule has 4 nitrogen and oxygen atoms in total. The number of amides is 1. The van der Waals surface area contributed by atoms with Gasteiger partial charge in [-0.05, 0) is 38.8 Å². The van der Waals surface area contributed by atoms with Gasteiger partial charge in [-0.3, -0.25) is 4.79 Å². The normalized spacial score (nSPS) is 18.4. The van der Waals surface area contributed by atoms with Crippen LogP contribution in [0.4, 0.5) is 0 Å². The summed E-state index contributed by atoms with van der Waals surface area (Å²) < 4.78 is 5.01. The molecule has 1 aliphatic rings. The van der Waals surface area contributed by atoms with Crippen LogP contribution in [0.25, 0.3) is 0 Å². The summed E-state index contributed by atoms with van der Waals surface area (Å²) in [6, 6.07) is 0. The summed E-state index contributed by atoms with van der Waals surface area (Å²) in [4.78, 5) is 12.2. The topological polar surface area (TPSA) is 50.4 Å². The van der Waals surface area contributed by atoms with E-state index in [1.54, 1.807) is 0 Å². The van der Waals surface area contributed by atoms with E-state index in [-0.39, 0.29) is 11.3 Å². The standard InChI is InChI=1S/C13H24N2O2/c1-3-13(6-9-14-10-7-13)12(16)15-8-5-11-17-4-2/h4,14H,2-3,5-11H2,1H3,(H,15,16). The van der Waals surface area contributed by atoms with Crippen LogP contribution in [0.1, 0.15) is 32.6 Å². The van der Waals surface area contributed by atoms with Crippen LogP contribution >= 0.6 is 0 Å². The molecular formula is C13H24N2O2. The van der Waals surface area contributed by atoms with Gasteiger partial charge in [0.1, 0.15) is 0 Å². The Morgan fingerprint density at radius 2 is 2.24 bits per heavy atom. The van der Waals surface area contributed by atoms with Crippen molar-refractivity contribution in [3.63, 3.8) is 0 Å². The lowest BCUT2D eigenvalue weighted by Gasteiger charge is -2.35. The Hall–Kier alpha value is -1.03. The molecule has 0 bridgehead atoms. The highest BCUT2D eigenvalue weighted by Gasteiger charge is 2.37. The molecule has 0 spiro atoms. The molecule has 98 valence electrons. The maximum absolute atomic E-state index is 12.2. The van der Waals surface area contributed by atoms with Crippen LogP contribution in [0, 0.1) is 5.41 Å². The zero-order valence-corrected chi connectivity index (χ0v) is 10.8. The second-order valence-electron chi connectivity index (χ2n) is 4.53. The molecule has 1 heterocycles. The van der Waals surface area contributed by atoms with Crippen molar-refractivity contribution in [3.05, 3.63) is 12.8 Å². The Kier molecular flexibility index (Phi) is 6.05. The molecule has 0 aromatic rings. The van der Waals surface area contributed by atoms with Crippen molar-refractivity contribution in [1.82, 2.24) is 10.6 Å². The first-order chi connectivity index (χ1) is 8.25. The van der Waals surface area contributed by atoms with Gasteiger partial charge in [-0.15, -0.1) is 0 Å². The Labute approximate surface area is 104 Å². The molecule has 0 aliphatic carbocycles. The smallest absolute Gasteiger partial charge is 0.226 e. The van der Waals surface area contributed by atoms with Gasteiger partial charge < -0.3 is 15.4 Å². The van der Waals surface area contributed by atoms with Crippen LogP contribution in [0.2, 0.25) is 0 Å². The summed E-state index contributed by atoms with van der Waals surface area (Å²) >= 11 is 0. The van der Waals surface area contributed by atoms with Crippen molar-refractivity contribution in [2.75, 3.05) is 26.2 Å². The molecule has 1 aliphatic heterocycles. The lowest BCUT2D eigenvalue weighted by atomic mass is 9.76. The van der Waals surface area contributed by atoms with Gasteiger partial charge in [0.05, 0.1) is 18.3 Å². The second kappa shape index (κ2) is 7.33. The molecule has 17 heavy (non-hydrogen) atoms. The molecule has 0 radical (unpaired) electrons. The number of hydrogen-bond donors (Lipinski definition) is 2. The van der Waals surface area contributed by atoms with Gasteiger partial charge in [0, 0.05) is 6.54 Å². The van der Waals surface area contributed by atoms with Crippen molar-refractivity contribution in [2.45, 2.75) is 32.6 Å². The lowest BCUT2D eigenvalue weighted by molar-refractivity contribution is -0.132. The maximum atomic E-state index is 12.2. The highest BCUT2D eigenvalue weighted by Crippen LogP contribution is 2.32. The molecule has 1 amide bonds. The second-order valence-corrected chi connectivity index (χ2v) is 4.53. The average Bonchev–Trinajstić information content (AvgIpc) is 2.39. The first-order valence-corrected chi connectivity index (χ1v) is 6.47. The number of hydrogen-bond acceptors (Lipinski definition) is 3. The fraction of sp³-hybridized carbons (Fsp3) is 0.769. The first-order valence-electron chi connectivity index (χ1n) is 6.47. The Balaban J connectivity index is 2.30. The monoisotopic (exact) mass is 240 g/mol. The van der Waals surface area contributed by atoms with E-state index in [9.17, 15) is 4.79 Å². The Bertz CT molecular complexity index is 248. The Morgan fingerprint density at radius 3 is 2.82 bits per heavy atom. The van der Waals surface area contributed by atoms with E-state index in [0.29, 0.717) is 13.2 Å². The van der Waals surface area contributed by atoms with E-state index < -0.39 is 0 Å². The van der Waals surface area contributed by atoms with Crippen LogP contribution in [0.3, 0.4) is 0 Å². The van der Waals surface area contributed by atoms with Gasteiger partial charge >= 0.3 is 0 Å².